The van der Waals surface area contributed by atoms with E-state index in [4.69, 9.17) is 0 Å². The Labute approximate surface area is 249 Å². The molecule has 43 heavy (non-hydrogen) atoms. The number of halogens is 1. The number of benzene rings is 2. The van der Waals surface area contributed by atoms with Crippen molar-refractivity contribution in [2.75, 3.05) is 40.3 Å². The Kier molecular flexibility index (Phi) is 7.94. The van der Waals surface area contributed by atoms with E-state index in [2.05, 4.69) is 37.3 Å². The molecule has 2 amide bonds. The van der Waals surface area contributed by atoms with Crippen LogP contribution in [0.1, 0.15) is 57.7 Å². The van der Waals surface area contributed by atoms with Crippen LogP contribution >= 0.6 is 0 Å². The number of carbonyl (C=O) groups excluding carboxylic acids is 2. The summed E-state index contributed by atoms with van der Waals surface area (Å²) in [6.07, 6.45) is 3.36. The number of fused-ring (bicyclic) bond motifs is 3. The lowest BCUT2D eigenvalue weighted by molar-refractivity contribution is -0.131. The van der Waals surface area contributed by atoms with Crippen molar-refractivity contribution in [3.05, 3.63) is 75.9 Å². The van der Waals surface area contributed by atoms with Gasteiger partial charge in [0.25, 0.3) is 5.91 Å². The van der Waals surface area contributed by atoms with Crippen molar-refractivity contribution in [2.45, 2.75) is 49.6 Å². The van der Waals surface area contributed by atoms with Crippen molar-refractivity contribution in [2.24, 2.45) is 5.92 Å². The summed E-state index contributed by atoms with van der Waals surface area (Å²) in [5.41, 5.74) is 3.21. The van der Waals surface area contributed by atoms with Crippen LogP contribution in [-0.4, -0.2) is 94.6 Å². The number of hydrogen-bond acceptors (Lipinski definition) is 8. The monoisotopic (exact) mass is 585 g/mol. The molecule has 12 heteroatoms. The predicted molar refractivity (Wildman–Crippen MR) is 155 cm³/mol. The molecule has 1 aromatic heterocycles. The van der Waals surface area contributed by atoms with Crippen molar-refractivity contribution in [3.63, 3.8) is 0 Å². The van der Waals surface area contributed by atoms with Crippen molar-refractivity contribution < 1.29 is 14.0 Å². The minimum Gasteiger partial charge on any atom is -0.351 e. The van der Waals surface area contributed by atoms with Crippen LogP contribution < -0.4 is 10.6 Å². The summed E-state index contributed by atoms with van der Waals surface area (Å²) in [7, 11) is 3.91. The Bertz CT molecular complexity index is 1550. The Hall–Kier alpha value is -4.21. The van der Waals surface area contributed by atoms with Gasteiger partial charge >= 0.3 is 0 Å². The summed E-state index contributed by atoms with van der Waals surface area (Å²) >= 11 is 0. The van der Waals surface area contributed by atoms with Crippen molar-refractivity contribution in [3.8, 4) is 6.07 Å². The van der Waals surface area contributed by atoms with Crippen LogP contribution in [0.5, 0.6) is 0 Å². The molecule has 1 saturated carbocycles. The normalized spacial score (nSPS) is 23.6. The second-order valence-corrected chi connectivity index (χ2v) is 12.0. The van der Waals surface area contributed by atoms with E-state index in [1.165, 1.54) is 6.07 Å². The molecule has 2 heterocycles. The largest absolute Gasteiger partial charge is 0.351 e. The van der Waals surface area contributed by atoms with Gasteiger partial charge in [-0.25, -0.2) is 4.39 Å². The molecule has 2 aliphatic carbocycles. The van der Waals surface area contributed by atoms with Crippen LogP contribution in [0.4, 0.5) is 4.39 Å². The van der Waals surface area contributed by atoms with E-state index >= 15 is 0 Å². The van der Waals surface area contributed by atoms with Gasteiger partial charge in [0, 0.05) is 24.7 Å². The first-order chi connectivity index (χ1) is 20.8. The lowest BCUT2D eigenvalue weighted by atomic mass is 9.69. The van der Waals surface area contributed by atoms with Gasteiger partial charge in [-0.2, -0.15) is 10.5 Å². The molecule has 11 nitrogen and oxygen atoms in total. The summed E-state index contributed by atoms with van der Waals surface area (Å²) in [5, 5.41) is 31.1. The van der Waals surface area contributed by atoms with Crippen LogP contribution in [0.15, 0.2) is 36.4 Å². The summed E-state index contributed by atoms with van der Waals surface area (Å²) < 4.78 is 14.6. The average molecular weight is 586 g/mol. The van der Waals surface area contributed by atoms with Gasteiger partial charge in [0.15, 0.2) is 5.82 Å². The van der Waals surface area contributed by atoms with Gasteiger partial charge in [-0.3, -0.25) is 9.59 Å². The molecule has 1 aliphatic heterocycles. The molecular weight excluding hydrogens is 549 g/mol. The van der Waals surface area contributed by atoms with Crippen LogP contribution in [0.2, 0.25) is 0 Å². The highest BCUT2D eigenvalue weighted by Crippen LogP contribution is 2.48. The highest BCUT2D eigenvalue weighted by Gasteiger charge is 2.54. The van der Waals surface area contributed by atoms with Crippen LogP contribution in [-0.2, 0) is 23.1 Å². The zero-order chi connectivity index (χ0) is 30.1. The van der Waals surface area contributed by atoms with Gasteiger partial charge in [-0.05, 0) is 105 Å². The van der Waals surface area contributed by atoms with E-state index in [0.717, 1.165) is 41.6 Å². The minimum atomic E-state index is -0.914. The first-order valence-electron chi connectivity index (χ1n) is 14.8. The average Bonchev–Trinajstić information content (AvgIpc) is 3.38. The number of nitrogens with zero attached hydrogens (tertiary/aromatic N) is 6. The van der Waals surface area contributed by atoms with E-state index in [1.807, 2.05) is 37.2 Å². The van der Waals surface area contributed by atoms with Gasteiger partial charge in [0.05, 0.1) is 18.0 Å². The fraction of sp³-hybridized carbons (Fsp3) is 0.484. The summed E-state index contributed by atoms with van der Waals surface area (Å²) in [6.45, 7) is 1.78. The topological polar surface area (TPSA) is 143 Å². The van der Waals surface area contributed by atoms with Crippen LogP contribution in [0.25, 0.3) is 0 Å². The first-order valence-corrected chi connectivity index (χ1v) is 14.8. The number of likely N-dealkylation sites (tertiary alicyclic amines) is 1. The first kappa shape index (κ1) is 28.9. The Morgan fingerprint density at radius 2 is 1.91 bits per heavy atom. The number of rotatable bonds is 10. The number of aromatic amines is 1. The van der Waals surface area contributed by atoms with Crippen LogP contribution in [0.3, 0.4) is 0 Å². The maximum absolute atomic E-state index is 14.6. The fourth-order valence-corrected chi connectivity index (χ4v) is 6.91. The van der Waals surface area contributed by atoms with Gasteiger partial charge in [0.2, 0.25) is 5.91 Å². The van der Waals surface area contributed by atoms with Crippen LogP contribution in [0, 0.1) is 23.1 Å². The van der Waals surface area contributed by atoms with Crippen molar-refractivity contribution in [1.29, 1.82) is 5.26 Å². The minimum absolute atomic E-state index is 0.0705. The molecule has 3 N–H and O–H groups in total. The van der Waals surface area contributed by atoms with E-state index in [1.54, 1.807) is 17.0 Å². The highest BCUT2D eigenvalue weighted by molar-refractivity contribution is 5.94. The third-order valence-corrected chi connectivity index (χ3v) is 9.08. The lowest BCUT2D eigenvalue weighted by Gasteiger charge is -2.34. The van der Waals surface area contributed by atoms with E-state index in [9.17, 15) is 19.2 Å². The number of piperidine rings is 1. The number of tetrazole rings is 1. The van der Waals surface area contributed by atoms with Gasteiger partial charge in [-0.1, -0.05) is 17.3 Å². The number of H-pyrrole nitrogens is 1. The van der Waals surface area contributed by atoms with E-state index in [0.29, 0.717) is 49.7 Å². The number of carbonyl (C=O) groups is 2. The predicted octanol–water partition coefficient (Wildman–Crippen LogP) is 1.56. The number of aryl methyl sites for hydroxylation is 2. The molecule has 224 valence electrons. The van der Waals surface area contributed by atoms with Crippen molar-refractivity contribution >= 4 is 11.8 Å². The zero-order valence-electron chi connectivity index (χ0n) is 24.4. The molecule has 2 aromatic carbocycles. The number of nitriles is 1. The Morgan fingerprint density at radius 1 is 1.14 bits per heavy atom. The molecule has 0 radical (unpaired) electrons. The fourth-order valence-electron chi connectivity index (χ4n) is 6.91. The van der Waals surface area contributed by atoms with Gasteiger partial charge in [-0.15, -0.1) is 10.2 Å². The molecule has 3 aromatic rings. The van der Waals surface area contributed by atoms with E-state index < -0.39 is 5.41 Å². The number of hydrogen-bond donors (Lipinski definition) is 3. The maximum atomic E-state index is 14.6. The molecule has 1 saturated heterocycles. The molecule has 0 bridgehead atoms. The molecule has 2 unspecified atom stereocenters. The highest BCUT2D eigenvalue weighted by atomic mass is 19.1. The molecule has 6 rings (SSSR count). The molecular formula is C31H36FN9O2. The summed E-state index contributed by atoms with van der Waals surface area (Å²) in [6, 6.07) is 12.6. The maximum Gasteiger partial charge on any atom is 0.251 e. The molecule has 0 spiro atoms. The number of aromatic nitrogens is 4. The molecule has 4 atom stereocenters. The van der Waals surface area contributed by atoms with Gasteiger partial charge in [0.1, 0.15) is 11.9 Å². The SMILES string of the molecule is CN(C)CCNC(=O)c1ccc2c(c1)CCc1cc(F)ccc1C2(CCNCC(=O)N1C(C#N)C[C@@H]2C[C@@H]21)c1nn[nH]n1. The third-order valence-electron chi connectivity index (χ3n) is 9.08. The zero-order valence-corrected chi connectivity index (χ0v) is 24.4. The molecule has 3 aliphatic rings. The Balaban J connectivity index is 1.31. The Morgan fingerprint density at radius 3 is 2.63 bits per heavy atom. The number of likely N-dealkylation sites (N-methyl/N-ethyl adjacent to an activating group) is 1. The standard InChI is InChI=1S/C31H36FN9O2/c1-40(2)12-11-35-29(43)21-5-7-25-19(13-21)3-4-20-14-23(32)6-8-26(20)31(25,30-36-38-39-37-30)9-10-34-18-28(42)41-24(17-33)15-22-16-27(22)41/h5-8,13-14,22,24,27,34H,3-4,9-12,15-16,18H2,1-2H3,(H,35,43)(H,36,37,38,39)/t22-,24?,27+,31?/m1/s1. The third kappa shape index (κ3) is 5.50. The number of nitrogens with one attached hydrogen (secondary N) is 3. The van der Waals surface area contributed by atoms with E-state index in [-0.39, 0.29) is 36.3 Å². The second-order valence-electron chi connectivity index (χ2n) is 12.0. The van der Waals surface area contributed by atoms with Gasteiger partial charge < -0.3 is 20.4 Å². The number of amides is 2. The second kappa shape index (κ2) is 11.8. The summed E-state index contributed by atoms with van der Waals surface area (Å²) in [5.74, 6) is 0.337. The molecule has 2 fully saturated rings. The summed E-state index contributed by atoms with van der Waals surface area (Å²) in [4.78, 5) is 29.9. The quantitative estimate of drug-likeness (QED) is 0.304. The lowest BCUT2D eigenvalue weighted by Crippen LogP contribution is -2.44. The smallest absolute Gasteiger partial charge is 0.251 e. The van der Waals surface area contributed by atoms with Crippen molar-refractivity contribution in [1.82, 2.24) is 41.1 Å².